The van der Waals surface area contributed by atoms with Gasteiger partial charge in [0, 0.05) is 30.9 Å². The summed E-state index contributed by atoms with van der Waals surface area (Å²) in [6, 6.07) is 15.2. The van der Waals surface area contributed by atoms with Crippen LogP contribution in [0.3, 0.4) is 0 Å². The molecule has 0 aliphatic carbocycles. The first-order valence-corrected chi connectivity index (χ1v) is 10.7. The van der Waals surface area contributed by atoms with Crippen molar-refractivity contribution in [2.75, 3.05) is 24.5 Å². The van der Waals surface area contributed by atoms with Crippen LogP contribution >= 0.6 is 0 Å². The summed E-state index contributed by atoms with van der Waals surface area (Å²) in [6.07, 6.45) is 0.307. The van der Waals surface area contributed by atoms with E-state index in [1.807, 2.05) is 17.0 Å². The molecule has 2 saturated heterocycles. The zero-order valence-electron chi connectivity index (χ0n) is 17.7. The van der Waals surface area contributed by atoms with Gasteiger partial charge in [0.15, 0.2) is 6.10 Å². The third kappa shape index (κ3) is 4.21. The van der Waals surface area contributed by atoms with E-state index in [-0.39, 0.29) is 12.5 Å². The van der Waals surface area contributed by atoms with Crippen LogP contribution in [0.4, 0.5) is 5.69 Å². The van der Waals surface area contributed by atoms with Crippen LogP contribution in [0, 0.1) is 0 Å². The van der Waals surface area contributed by atoms with E-state index >= 15 is 0 Å². The van der Waals surface area contributed by atoms with Gasteiger partial charge in [-0.15, -0.1) is 0 Å². The Balaban J connectivity index is 1.44. The van der Waals surface area contributed by atoms with Gasteiger partial charge in [-0.3, -0.25) is 9.59 Å². The van der Waals surface area contributed by atoms with Crippen molar-refractivity contribution in [1.29, 1.82) is 0 Å². The summed E-state index contributed by atoms with van der Waals surface area (Å²) >= 11 is 0. The quantitative estimate of drug-likeness (QED) is 0.693. The molecule has 0 radical (unpaired) electrons. The number of nitrogens with zero attached hydrogens (tertiary/aromatic N) is 2. The molecule has 0 saturated carbocycles. The van der Waals surface area contributed by atoms with Gasteiger partial charge < -0.3 is 25.7 Å². The zero-order chi connectivity index (χ0) is 22.2. The number of piperidine rings is 1. The smallest absolute Gasteiger partial charge is 0.258 e. The molecule has 2 heterocycles. The standard InChI is InChI=1S/C24H29N3O4/c1-24(31)15-27(23(30)21(24)28)20-7-3-6-19(13-20)22(29)26-10-8-17(9-11-26)18-5-2-4-16(12-18)14-25/h2-7,12-13,17,21,28,31H,8-11,14-15,25H2,1H3/t21-,24+/m0/s1. The topological polar surface area (TPSA) is 107 Å². The van der Waals surface area contributed by atoms with E-state index in [2.05, 4.69) is 12.1 Å². The Hall–Kier alpha value is -2.74. The normalized spacial score (nSPS) is 24.6. The lowest BCUT2D eigenvalue weighted by molar-refractivity contribution is -0.130. The Labute approximate surface area is 182 Å². The molecular weight excluding hydrogens is 394 g/mol. The summed E-state index contributed by atoms with van der Waals surface area (Å²) in [5, 5.41) is 20.2. The number of amides is 2. The highest BCUT2D eigenvalue weighted by molar-refractivity contribution is 6.02. The second-order valence-electron chi connectivity index (χ2n) is 8.75. The molecule has 4 N–H and O–H groups in total. The third-order valence-electron chi connectivity index (χ3n) is 6.41. The van der Waals surface area contributed by atoms with E-state index in [1.54, 1.807) is 24.3 Å². The molecule has 2 amide bonds. The van der Waals surface area contributed by atoms with Gasteiger partial charge in [-0.1, -0.05) is 30.3 Å². The molecule has 2 aliphatic rings. The maximum atomic E-state index is 13.1. The van der Waals surface area contributed by atoms with Gasteiger partial charge in [-0.05, 0) is 55.0 Å². The predicted octanol–water partition coefficient (Wildman–Crippen LogP) is 1.62. The zero-order valence-corrected chi connectivity index (χ0v) is 17.7. The van der Waals surface area contributed by atoms with Crippen molar-refractivity contribution in [2.24, 2.45) is 5.73 Å². The molecule has 7 heteroatoms. The molecule has 0 bridgehead atoms. The van der Waals surface area contributed by atoms with Crippen LogP contribution in [0.25, 0.3) is 0 Å². The summed E-state index contributed by atoms with van der Waals surface area (Å²) < 4.78 is 0. The molecule has 7 nitrogen and oxygen atoms in total. The SMILES string of the molecule is C[C@@]1(O)CN(c2cccc(C(=O)N3CCC(c4cccc(CN)c4)CC3)c2)C(=O)[C@@H]1O. The van der Waals surface area contributed by atoms with E-state index < -0.39 is 17.6 Å². The van der Waals surface area contributed by atoms with E-state index in [0.29, 0.717) is 36.8 Å². The number of hydrogen-bond donors (Lipinski definition) is 3. The van der Waals surface area contributed by atoms with Gasteiger partial charge >= 0.3 is 0 Å². The van der Waals surface area contributed by atoms with Crippen LogP contribution in [0.1, 0.15) is 47.2 Å². The Kier molecular flexibility index (Phi) is 5.83. The molecular formula is C24H29N3O4. The number of likely N-dealkylation sites (tertiary alicyclic amines) is 1. The van der Waals surface area contributed by atoms with Crippen LogP contribution in [0.2, 0.25) is 0 Å². The molecule has 31 heavy (non-hydrogen) atoms. The summed E-state index contributed by atoms with van der Waals surface area (Å²) in [6.45, 7) is 3.26. The van der Waals surface area contributed by atoms with E-state index in [4.69, 9.17) is 5.73 Å². The number of aliphatic hydroxyl groups excluding tert-OH is 1. The Morgan fingerprint density at radius 1 is 1.16 bits per heavy atom. The highest BCUT2D eigenvalue weighted by Crippen LogP contribution is 2.31. The van der Waals surface area contributed by atoms with E-state index in [0.717, 1.165) is 18.4 Å². The molecule has 2 aliphatic heterocycles. The average Bonchev–Trinajstić information content (AvgIpc) is 3.01. The maximum absolute atomic E-state index is 13.1. The number of nitrogens with two attached hydrogens (primary N) is 1. The van der Waals surface area contributed by atoms with Gasteiger partial charge in [-0.25, -0.2) is 0 Å². The number of hydrogen-bond acceptors (Lipinski definition) is 5. The summed E-state index contributed by atoms with van der Waals surface area (Å²) in [5.74, 6) is -0.224. The van der Waals surface area contributed by atoms with Gasteiger partial charge in [0.05, 0.1) is 6.54 Å². The number of carbonyl (C=O) groups excluding carboxylic acids is 2. The summed E-state index contributed by atoms with van der Waals surface area (Å²) in [4.78, 5) is 28.6. The number of benzene rings is 2. The van der Waals surface area contributed by atoms with Crippen LogP contribution in [-0.4, -0.2) is 58.3 Å². The minimum absolute atomic E-state index is 0.0160. The number of anilines is 1. The lowest BCUT2D eigenvalue weighted by atomic mass is 9.88. The number of β-amino-alcohol motifs (C(OH)–C–C–N with tert-alkyl or cyclic N) is 1. The number of aliphatic hydroxyl groups is 2. The van der Waals surface area contributed by atoms with Crippen LogP contribution in [0.5, 0.6) is 0 Å². The first-order chi connectivity index (χ1) is 14.8. The monoisotopic (exact) mass is 423 g/mol. The minimum Gasteiger partial charge on any atom is -0.385 e. The van der Waals surface area contributed by atoms with E-state index in [9.17, 15) is 19.8 Å². The summed E-state index contributed by atoms with van der Waals surface area (Å²) in [7, 11) is 0. The van der Waals surface area contributed by atoms with Gasteiger partial charge in [0.1, 0.15) is 5.60 Å². The van der Waals surface area contributed by atoms with E-state index in [1.165, 1.54) is 17.4 Å². The van der Waals surface area contributed by atoms with Gasteiger partial charge in [-0.2, -0.15) is 0 Å². The molecule has 2 atom stereocenters. The Morgan fingerprint density at radius 2 is 1.87 bits per heavy atom. The fraction of sp³-hybridized carbons (Fsp3) is 0.417. The van der Waals surface area contributed by atoms with Crippen molar-refractivity contribution in [3.63, 3.8) is 0 Å². The molecule has 2 aromatic carbocycles. The van der Waals surface area contributed by atoms with Crippen LogP contribution in [-0.2, 0) is 11.3 Å². The fourth-order valence-electron chi connectivity index (χ4n) is 4.50. The van der Waals surface area contributed by atoms with Crippen LogP contribution < -0.4 is 10.6 Å². The van der Waals surface area contributed by atoms with Crippen molar-refractivity contribution in [3.05, 3.63) is 65.2 Å². The molecule has 0 unspecified atom stereocenters. The maximum Gasteiger partial charge on any atom is 0.258 e. The lowest BCUT2D eigenvalue weighted by Crippen LogP contribution is -2.39. The third-order valence-corrected chi connectivity index (χ3v) is 6.41. The second kappa shape index (κ2) is 8.42. The molecule has 4 rings (SSSR count). The van der Waals surface area contributed by atoms with Crippen molar-refractivity contribution >= 4 is 17.5 Å². The minimum atomic E-state index is -1.51. The number of carbonyl (C=O) groups is 2. The molecule has 0 spiro atoms. The highest BCUT2D eigenvalue weighted by Gasteiger charge is 2.47. The van der Waals surface area contributed by atoms with Crippen molar-refractivity contribution in [3.8, 4) is 0 Å². The van der Waals surface area contributed by atoms with Crippen molar-refractivity contribution in [2.45, 2.75) is 43.9 Å². The first-order valence-electron chi connectivity index (χ1n) is 10.7. The molecule has 2 fully saturated rings. The molecule has 0 aromatic heterocycles. The second-order valence-corrected chi connectivity index (χ2v) is 8.75. The Morgan fingerprint density at radius 3 is 2.52 bits per heavy atom. The van der Waals surface area contributed by atoms with Crippen molar-refractivity contribution in [1.82, 2.24) is 4.90 Å². The first kappa shape index (κ1) is 21.5. The lowest BCUT2D eigenvalue weighted by Gasteiger charge is -2.32. The van der Waals surface area contributed by atoms with Gasteiger partial charge in [0.2, 0.25) is 0 Å². The van der Waals surface area contributed by atoms with Gasteiger partial charge in [0.25, 0.3) is 11.8 Å². The Bertz CT molecular complexity index is 982. The average molecular weight is 424 g/mol. The fourth-order valence-corrected chi connectivity index (χ4v) is 4.50. The number of rotatable bonds is 4. The molecule has 2 aromatic rings. The van der Waals surface area contributed by atoms with Crippen LogP contribution in [0.15, 0.2) is 48.5 Å². The predicted molar refractivity (Wildman–Crippen MR) is 118 cm³/mol. The van der Waals surface area contributed by atoms with Crippen molar-refractivity contribution < 1.29 is 19.8 Å². The largest absolute Gasteiger partial charge is 0.385 e. The summed E-state index contributed by atoms with van der Waals surface area (Å²) in [5.41, 5.74) is 7.63. The molecule has 164 valence electrons. The highest BCUT2D eigenvalue weighted by atomic mass is 16.4.